The number of aromatic nitrogens is 1. The van der Waals surface area contributed by atoms with Crippen molar-refractivity contribution in [1.82, 2.24) is 4.98 Å². The van der Waals surface area contributed by atoms with Crippen LogP contribution >= 0.6 is 23.2 Å². The molecule has 1 atom stereocenters. The predicted molar refractivity (Wildman–Crippen MR) is 64.8 cm³/mol. The van der Waals surface area contributed by atoms with Crippen LogP contribution in [0.3, 0.4) is 0 Å². The van der Waals surface area contributed by atoms with E-state index >= 15 is 0 Å². The van der Waals surface area contributed by atoms with Crippen molar-refractivity contribution in [2.45, 2.75) is 6.10 Å². The molecule has 0 saturated heterocycles. The van der Waals surface area contributed by atoms with Crippen molar-refractivity contribution >= 4 is 23.2 Å². The number of rotatable bonds is 2. The monoisotopic (exact) mass is 253 g/mol. The molecule has 82 valence electrons. The van der Waals surface area contributed by atoms with E-state index in [9.17, 15) is 5.11 Å². The van der Waals surface area contributed by atoms with E-state index in [4.69, 9.17) is 23.2 Å². The molecule has 0 radical (unpaired) electrons. The quantitative estimate of drug-likeness (QED) is 0.890. The molecule has 0 aliphatic carbocycles. The van der Waals surface area contributed by atoms with Crippen LogP contribution in [0.5, 0.6) is 0 Å². The zero-order valence-electron chi connectivity index (χ0n) is 8.27. The highest BCUT2D eigenvalue weighted by molar-refractivity contribution is 6.36. The van der Waals surface area contributed by atoms with Crippen LogP contribution < -0.4 is 0 Å². The summed E-state index contributed by atoms with van der Waals surface area (Å²) < 4.78 is 0. The van der Waals surface area contributed by atoms with Gasteiger partial charge < -0.3 is 5.11 Å². The fourth-order valence-corrected chi connectivity index (χ4v) is 2.09. The van der Waals surface area contributed by atoms with E-state index in [-0.39, 0.29) is 0 Å². The molecule has 2 nitrogen and oxygen atoms in total. The summed E-state index contributed by atoms with van der Waals surface area (Å²) in [6.45, 7) is 0. The highest BCUT2D eigenvalue weighted by atomic mass is 35.5. The number of aliphatic hydroxyl groups is 1. The zero-order chi connectivity index (χ0) is 11.5. The summed E-state index contributed by atoms with van der Waals surface area (Å²) in [6, 6.07) is 8.60. The molecule has 1 N–H and O–H groups in total. The van der Waals surface area contributed by atoms with Gasteiger partial charge in [-0.05, 0) is 29.8 Å². The molecular weight excluding hydrogens is 245 g/mol. The second kappa shape index (κ2) is 4.83. The summed E-state index contributed by atoms with van der Waals surface area (Å²) in [6.07, 6.45) is 2.40. The Morgan fingerprint density at radius 2 is 1.56 bits per heavy atom. The van der Waals surface area contributed by atoms with Gasteiger partial charge in [0.2, 0.25) is 0 Å². The summed E-state index contributed by atoms with van der Waals surface area (Å²) in [7, 11) is 0. The van der Waals surface area contributed by atoms with Crippen molar-refractivity contribution in [3.8, 4) is 0 Å². The summed E-state index contributed by atoms with van der Waals surface area (Å²) in [5.74, 6) is 0. The number of halogens is 2. The molecule has 2 aromatic rings. The molecule has 0 aliphatic rings. The first-order valence-corrected chi connectivity index (χ1v) is 5.47. The molecule has 0 fully saturated rings. The fourth-order valence-electron chi connectivity index (χ4n) is 1.48. The van der Waals surface area contributed by atoms with Gasteiger partial charge >= 0.3 is 0 Å². The second-order valence-electron chi connectivity index (χ2n) is 3.32. The van der Waals surface area contributed by atoms with E-state index in [1.165, 1.54) is 0 Å². The van der Waals surface area contributed by atoms with Gasteiger partial charge in [-0.15, -0.1) is 0 Å². The molecule has 1 aromatic heterocycles. The van der Waals surface area contributed by atoms with Gasteiger partial charge in [0, 0.05) is 28.0 Å². The van der Waals surface area contributed by atoms with Crippen molar-refractivity contribution in [2.75, 3.05) is 0 Å². The third-order valence-corrected chi connectivity index (χ3v) is 2.95. The fraction of sp³-hybridized carbons (Fsp3) is 0.0833. The minimum atomic E-state index is -0.829. The molecule has 0 amide bonds. The van der Waals surface area contributed by atoms with E-state index in [2.05, 4.69) is 4.98 Å². The smallest absolute Gasteiger partial charge is 0.107 e. The lowest BCUT2D eigenvalue weighted by Crippen LogP contribution is -2.01. The van der Waals surface area contributed by atoms with E-state index in [0.29, 0.717) is 21.2 Å². The number of aliphatic hydroxyl groups excluding tert-OH is 1. The van der Waals surface area contributed by atoms with Gasteiger partial charge in [0.1, 0.15) is 6.10 Å². The zero-order valence-corrected chi connectivity index (χ0v) is 9.78. The molecule has 1 unspecified atom stereocenters. The molecule has 4 heteroatoms. The van der Waals surface area contributed by atoms with Crippen LogP contribution in [-0.4, -0.2) is 10.1 Å². The van der Waals surface area contributed by atoms with Gasteiger partial charge in [0.25, 0.3) is 0 Å². The number of nitrogens with zero attached hydrogens (tertiary/aromatic N) is 1. The molecule has 0 saturated carbocycles. The molecule has 16 heavy (non-hydrogen) atoms. The molecule has 1 heterocycles. The third kappa shape index (κ3) is 2.19. The number of hydrogen-bond acceptors (Lipinski definition) is 2. The Morgan fingerprint density at radius 3 is 2.12 bits per heavy atom. The Hall–Kier alpha value is -1.09. The maximum absolute atomic E-state index is 10.2. The lowest BCUT2D eigenvalue weighted by molar-refractivity contribution is 0.220. The SMILES string of the molecule is OC(c1ccncc1)c1c(Cl)cccc1Cl. The maximum Gasteiger partial charge on any atom is 0.107 e. The standard InChI is InChI=1S/C12H9Cl2NO/c13-9-2-1-3-10(14)11(9)12(16)8-4-6-15-7-5-8/h1-7,12,16H. The average molecular weight is 254 g/mol. The van der Waals surface area contributed by atoms with E-state index in [1.54, 1.807) is 42.7 Å². The first-order valence-electron chi connectivity index (χ1n) is 4.72. The molecular formula is C12H9Cl2NO. The van der Waals surface area contributed by atoms with Crippen molar-refractivity contribution in [3.05, 3.63) is 63.9 Å². The Labute approximate surface area is 103 Å². The Kier molecular flexibility index (Phi) is 3.44. The Balaban J connectivity index is 2.46. The van der Waals surface area contributed by atoms with Gasteiger partial charge in [-0.3, -0.25) is 4.98 Å². The van der Waals surface area contributed by atoms with Gasteiger partial charge in [0.15, 0.2) is 0 Å². The molecule has 0 bridgehead atoms. The maximum atomic E-state index is 10.2. The number of benzene rings is 1. The first kappa shape index (κ1) is 11.4. The van der Waals surface area contributed by atoms with Crippen LogP contribution in [0, 0.1) is 0 Å². The Bertz CT molecular complexity index is 467. The van der Waals surface area contributed by atoms with Crippen LogP contribution in [-0.2, 0) is 0 Å². The van der Waals surface area contributed by atoms with Crippen LogP contribution in [0.1, 0.15) is 17.2 Å². The summed E-state index contributed by atoms with van der Waals surface area (Å²) in [4.78, 5) is 3.89. The lowest BCUT2D eigenvalue weighted by atomic mass is 10.0. The topological polar surface area (TPSA) is 33.1 Å². The molecule has 0 aliphatic heterocycles. The second-order valence-corrected chi connectivity index (χ2v) is 4.13. The van der Waals surface area contributed by atoms with Gasteiger partial charge in [-0.25, -0.2) is 0 Å². The van der Waals surface area contributed by atoms with Crippen LogP contribution in [0.4, 0.5) is 0 Å². The molecule has 2 rings (SSSR count). The van der Waals surface area contributed by atoms with Gasteiger partial charge in [0.05, 0.1) is 0 Å². The van der Waals surface area contributed by atoms with Crippen LogP contribution in [0.25, 0.3) is 0 Å². The highest BCUT2D eigenvalue weighted by Gasteiger charge is 2.16. The van der Waals surface area contributed by atoms with Crippen molar-refractivity contribution in [3.63, 3.8) is 0 Å². The van der Waals surface area contributed by atoms with Crippen molar-refractivity contribution in [2.24, 2.45) is 0 Å². The van der Waals surface area contributed by atoms with Crippen LogP contribution in [0.15, 0.2) is 42.7 Å². The largest absolute Gasteiger partial charge is 0.384 e. The number of hydrogen-bond donors (Lipinski definition) is 1. The Morgan fingerprint density at radius 1 is 1.00 bits per heavy atom. The predicted octanol–water partition coefficient (Wildman–Crippen LogP) is 3.47. The average Bonchev–Trinajstić information content (AvgIpc) is 2.30. The normalized spacial score (nSPS) is 12.4. The highest BCUT2D eigenvalue weighted by Crippen LogP contribution is 2.33. The number of pyridine rings is 1. The van der Waals surface area contributed by atoms with Crippen molar-refractivity contribution < 1.29 is 5.11 Å². The van der Waals surface area contributed by atoms with Crippen molar-refractivity contribution in [1.29, 1.82) is 0 Å². The van der Waals surface area contributed by atoms with Gasteiger partial charge in [-0.1, -0.05) is 29.3 Å². The summed E-state index contributed by atoms with van der Waals surface area (Å²) in [5, 5.41) is 11.1. The van der Waals surface area contributed by atoms with E-state index < -0.39 is 6.10 Å². The lowest BCUT2D eigenvalue weighted by Gasteiger charge is -2.14. The minimum Gasteiger partial charge on any atom is -0.384 e. The minimum absolute atomic E-state index is 0.455. The molecule has 0 spiro atoms. The first-order chi connectivity index (χ1) is 7.70. The molecule has 1 aromatic carbocycles. The van der Waals surface area contributed by atoms with Gasteiger partial charge in [-0.2, -0.15) is 0 Å². The third-order valence-electron chi connectivity index (χ3n) is 2.29. The van der Waals surface area contributed by atoms with Crippen LogP contribution in [0.2, 0.25) is 10.0 Å². The van der Waals surface area contributed by atoms with E-state index in [1.807, 2.05) is 0 Å². The van der Waals surface area contributed by atoms with E-state index in [0.717, 1.165) is 0 Å². The summed E-state index contributed by atoms with van der Waals surface area (Å²) in [5.41, 5.74) is 1.24. The summed E-state index contributed by atoms with van der Waals surface area (Å²) >= 11 is 12.0.